The van der Waals surface area contributed by atoms with Crippen molar-refractivity contribution in [3.05, 3.63) is 93.9 Å². The zero-order valence-corrected chi connectivity index (χ0v) is 17.2. The van der Waals surface area contributed by atoms with Gasteiger partial charge < -0.3 is 9.88 Å². The number of hydrogen-bond acceptors (Lipinski definition) is 3. The summed E-state index contributed by atoms with van der Waals surface area (Å²) in [4.78, 5) is 29.3. The molecular formula is C22H13Cl2F2N3O2. The van der Waals surface area contributed by atoms with Crippen LogP contribution in [-0.4, -0.2) is 21.2 Å². The van der Waals surface area contributed by atoms with Crippen molar-refractivity contribution >= 4 is 51.5 Å². The Morgan fingerprint density at radius 3 is 2.29 bits per heavy atom. The summed E-state index contributed by atoms with van der Waals surface area (Å²) in [6, 6.07) is 9.81. The van der Waals surface area contributed by atoms with Crippen LogP contribution in [0.15, 0.2) is 61.1 Å². The maximum atomic E-state index is 13.9. The first-order valence-electron chi connectivity index (χ1n) is 9.01. The van der Waals surface area contributed by atoms with Crippen molar-refractivity contribution in [2.24, 2.45) is 0 Å². The summed E-state index contributed by atoms with van der Waals surface area (Å²) in [6.45, 7) is 0.291. The van der Waals surface area contributed by atoms with Crippen LogP contribution in [-0.2, 0) is 11.3 Å². The molecular weight excluding hydrogens is 447 g/mol. The normalized spacial score (nSPS) is 11.0. The molecule has 0 bridgehead atoms. The summed E-state index contributed by atoms with van der Waals surface area (Å²) in [7, 11) is 0. The lowest BCUT2D eigenvalue weighted by atomic mass is 10.1. The Hall–Kier alpha value is -3.29. The van der Waals surface area contributed by atoms with Crippen molar-refractivity contribution in [3.63, 3.8) is 0 Å². The highest BCUT2D eigenvalue weighted by molar-refractivity contribution is 6.50. The Kier molecular flexibility index (Phi) is 5.71. The lowest BCUT2D eigenvalue weighted by Gasteiger charge is -2.07. The summed E-state index contributed by atoms with van der Waals surface area (Å²) in [5, 5.41) is 2.79. The van der Waals surface area contributed by atoms with Crippen molar-refractivity contribution in [2.45, 2.75) is 6.54 Å². The molecule has 31 heavy (non-hydrogen) atoms. The lowest BCUT2D eigenvalue weighted by Crippen LogP contribution is -2.23. The molecule has 0 aliphatic heterocycles. The maximum absolute atomic E-state index is 13.9. The summed E-state index contributed by atoms with van der Waals surface area (Å²) < 4.78 is 28.8. The van der Waals surface area contributed by atoms with Gasteiger partial charge in [0.1, 0.15) is 11.6 Å². The van der Waals surface area contributed by atoms with E-state index in [9.17, 15) is 18.4 Å². The summed E-state index contributed by atoms with van der Waals surface area (Å²) in [5.74, 6) is -2.80. The fraction of sp³-hybridized carbons (Fsp3) is 0.0455. The number of pyridine rings is 1. The number of carbonyl (C=O) groups is 2. The molecule has 0 aliphatic carbocycles. The predicted octanol–water partition coefficient (Wildman–Crippen LogP) is 5.49. The molecule has 0 atom stereocenters. The van der Waals surface area contributed by atoms with Gasteiger partial charge in [0.25, 0.3) is 11.7 Å². The third kappa shape index (κ3) is 4.28. The molecule has 0 fully saturated rings. The molecule has 4 rings (SSSR count). The van der Waals surface area contributed by atoms with E-state index in [4.69, 9.17) is 23.2 Å². The number of nitrogens with zero attached hydrogens (tertiary/aromatic N) is 2. The van der Waals surface area contributed by atoms with Crippen molar-refractivity contribution in [1.29, 1.82) is 0 Å². The van der Waals surface area contributed by atoms with E-state index in [-0.39, 0.29) is 32.5 Å². The third-order valence-electron chi connectivity index (χ3n) is 4.65. The van der Waals surface area contributed by atoms with Crippen LogP contribution in [0.5, 0.6) is 0 Å². The number of fused-ring (bicyclic) bond motifs is 1. The van der Waals surface area contributed by atoms with Crippen LogP contribution in [0, 0.1) is 11.6 Å². The molecule has 5 nitrogen and oxygen atoms in total. The van der Waals surface area contributed by atoms with E-state index in [2.05, 4.69) is 10.3 Å². The number of hydrogen-bond donors (Lipinski definition) is 1. The number of halogens is 4. The molecule has 0 aliphatic rings. The second-order valence-electron chi connectivity index (χ2n) is 6.72. The molecule has 156 valence electrons. The molecule has 0 spiro atoms. The van der Waals surface area contributed by atoms with Gasteiger partial charge in [-0.2, -0.15) is 0 Å². The van der Waals surface area contributed by atoms with Crippen LogP contribution in [0.4, 0.5) is 14.5 Å². The Morgan fingerprint density at radius 1 is 0.968 bits per heavy atom. The van der Waals surface area contributed by atoms with Crippen LogP contribution in [0.3, 0.4) is 0 Å². The van der Waals surface area contributed by atoms with E-state index in [0.717, 1.165) is 5.56 Å². The molecule has 0 saturated carbocycles. The van der Waals surface area contributed by atoms with Crippen LogP contribution < -0.4 is 5.32 Å². The van der Waals surface area contributed by atoms with Gasteiger partial charge in [-0.15, -0.1) is 0 Å². The molecule has 9 heteroatoms. The molecule has 4 aromatic rings. The second kappa shape index (κ2) is 8.45. The summed E-state index contributed by atoms with van der Waals surface area (Å²) in [6.07, 6.45) is 4.01. The Morgan fingerprint density at radius 2 is 1.61 bits per heavy atom. The van der Waals surface area contributed by atoms with E-state index < -0.39 is 17.5 Å². The van der Waals surface area contributed by atoms with E-state index in [1.807, 2.05) is 0 Å². The topological polar surface area (TPSA) is 64.0 Å². The van der Waals surface area contributed by atoms with Gasteiger partial charge in [0.15, 0.2) is 0 Å². The average Bonchev–Trinajstić information content (AvgIpc) is 3.09. The number of ketones is 1. The van der Waals surface area contributed by atoms with Crippen molar-refractivity contribution in [3.8, 4) is 0 Å². The van der Waals surface area contributed by atoms with Gasteiger partial charge in [-0.05, 0) is 35.9 Å². The van der Waals surface area contributed by atoms with Crippen molar-refractivity contribution < 1.29 is 18.4 Å². The van der Waals surface area contributed by atoms with Gasteiger partial charge in [-0.1, -0.05) is 35.3 Å². The highest BCUT2D eigenvalue weighted by Crippen LogP contribution is 2.29. The maximum Gasteiger partial charge on any atom is 0.296 e. The Bertz CT molecular complexity index is 1300. The SMILES string of the molecule is O=C(Nc1c(Cl)cncc1Cl)C(=O)c1cn(Cc2ccc(F)cc2)c2ccc(F)cc12. The number of nitrogens with one attached hydrogen (secondary N) is 1. The molecule has 2 aromatic carbocycles. The van der Waals surface area contributed by atoms with Crippen molar-refractivity contribution in [2.75, 3.05) is 5.32 Å². The quantitative estimate of drug-likeness (QED) is 0.317. The van der Waals surface area contributed by atoms with Gasteiger partial charge in [-0.25, -0.2) is 8.78 Å². The van der Waals surface area contributed by atoms with Gasteiger partial charge in [0.05, 0.1) is 21.3 Å². The minimum atomic E-state index is -0.986. The third-order valence-corrected chi connectivity index (χ3v) is 5.23. The van der Waals surface area contributed by atoms with Crippen LogP contribution >= 0.6 is 23.2 Å². The zero-order chi connectivity index (χ0) is 22.1. The van der Waals surface area contributed by atoms with E-state index in [1.165, 1.54) is 48.9 Å². The van der Waals surface area contributed by atoms with E-state index in [0.29, 0.717) is 12.1 Å². The van der Waals surface area contributed by atoms with Crippen molar-refractivity contribution in [1.82, 2.24) is 9.55 Å². The average molecular weight is 460 g/mol. The number of carbonyl (C=O) groups excluding carboxylic acids is 2. The zero-order valence-electron chi connectivity index (χ0n) is 15.7. The number of anilines is 1. The van der Waals surface area contributed by atoms with E-state index in [1.54, 1.807) is 16.7 Å². The Balaban J connectivity index is 1.71. The first kappa shape index (κ1) is 21.0. The number of benzene rings is 2. The molecule has 0 saturated heterocycles. The molecule has 1 amide bonds. The van der Waals surface area contributed by atoms with Gasteiger partial charge in [0, 0.05) is 36.0 Å². The van der Waals surface area contributed by atoms with Crippen LogP contribution in [0.25, 0.3) is 10.9 Å². The second-order valence-corrected chi connectivity index (χ2v) is 7.53. The minimum absolute atomic E-state index is 0.00964. The van der Waals surface area contributed by atoms with Crippen LogP contribution in [0.1, 0.15) is 15.9 Å². The van der Waals surface area contributed by atoms with E-state index >= 15 is 0 Å². The fourth-order valence-corrected chi connectivity index (χ4v) is 3.65. The Labute approximate surface area is 185 Å². The van der Waals surface area contributed by atoms with Crippen LogP contribution in [0.2, 0.25) is 10.0 Å². The first-order valence-corrected chi connectivity index (χ1v) is 9.76. The highest BCUT2D eigenvalue weighted by Gasteiger charge is 2.24. The first-order chi connectivity index (χ1) is 14.8. The number of rotatable bonds is 5. The highest BCUT2D eigenvalue weighted by atomic mass is 35.5. The van der Waals surface area contributed by atoms with Gasteiger partial charge >= 0.3 is 0 Å². The molecule has 2 heterocycles. The fourth-order valence-electron chi connectivity index (χ4n) is 3.19. The number of aromatic nitrogens is 2. The molecule has 0 radical (unpaired) electrons. The molecule has 0 unspecified atom stereocenters. The standard InChI is InChI=1S/C22H13Cl2F2N3O2/c23-17-8-27-9-18(24)20(17)28-22(31)21(30)16-11-29(10-12-1-3-13(25)4-2-12)19-6-5-14(26)7-15(16)19/h1-9,11H,10H2,(H,27,28,31). The molecule has 2 aromatic heterocycles. The smallest absolute Gasteiger partial charge is 0.296 e. The number of amides is 1. The largest absolute Gasteiger partial charge is 0.342 e. The number of Topliss-reactive ketones (excluding diaryl/α,β-unsaturated/α-hetero) is 1. The lowest BCUT2D eigenvalue weighted by molar-refractivity contribution is -0.112. The summed E-state index contributed by atoms with van der Waals surface area (Å²) >= 11 is 12.0. The molecule has 1 N–H and O–H groups in total. The monoisotopic (exact) mass is 459 g/mol. The minimum Gasteiger partial charge on any atom is -0.342 e. The predicted molar refractivity (Wildman–Crippen MR) is 115 cm³/mol. The van der Waals surface area contributed by atoms with Gasteiger partial charge in [0.2, 0.25) is 0 Å². The van der Waals surface area contributed by atoms with Gasteiger partial charge in [-0.3, -0.25) is 14.6 Å². The summed E-state index contributed by atoms with van der Waals surface area (Å²) in [5.41, 5.74) is 1.37.